The second-order valence-corrected chi connectivity index (χ2v) is 16.3. The number of carbonyl (C=O) groups is 2. The van der Waals surface area contributed by atoms with E-state index >= 15 is 8.78 Å². The number of carbonyl (C=O) groups excluding carboxylic acids is 2. The van der Waals surface area contributed by atoms with Gasteiger partial charge in [-0.3, -0.25) is 23.9 Å². The number of halogens is 2. The minimum Gasteiger partial charge on any atom is -0.461 e. The van der Waals surface area contributed by atoms with Crippen molar-refractivity contribution in [1.82, 2.24) is 34.4 Å². The van der Waals surface area contributed by atoms with Crippen molar-refractivity contribution in [2.45, 2.75) is 68.9 Å². The Morgan fingerprint density at radius 1 is 0.903 bits per heavy atom. The van der Waals surface area contributed by atoms with Crippen LogP contribution >= 0.6 is 0 Å². The molecule has 1 saturated heterocycles. The number of rotatable bonds is 14. The summed E-state index contributed by atoms with van der Waals surface area (Å²) in [5, 5.41) is 2.65. The van der Waals surface area contributed by atoms with E-state index in [-0.39, 0.29) is 28.4 Å². The van der Waals surface area contributed by atoms with Crippen LogP contribution in [-0.2, 0) is 37.8 Å². The van der Waals surface area contributed by atoms with Crippen LogP contribution in [-0.4, -0.2) is 74.7 Å². The average Bonchev–Trinajstić information content (AvgIpc) is 3.29. The number of hydrogen-bond donors (Lipinski definition) is 2. The van der Waals surface area contributed by atoms with Crippen molar-refractivity contribution >= 4 is 38.5 Å². The van der Waals surface area contributed by atoms with E-state index in [1.807, 2.05) is 4.72 Å². The van der Waals surface area contributed by atoms with Gasteiger partial charge < -0.3 is 14.8 Å². The Hall–Kier alpha value is -6.73. The van der Waals surface area contributed by atoms with Crippen LogP contribution in [0.2, 0.25) is 0 Å². The minimum atomic E-state index is -4.43. The fourth-order valence-corrected chi connectivity index (χ4v) is 8.07. The number of sulfonamides is 1. The van der Waals surface area contributed by atoms with Gasteiger partial charge in [0.2, 0.25) is 0 Å². The maximum absolute atomic E-state index is 15.6. The molecule has 1 amide bonds. The molecule has 62 heavy (non-hydrogen) atoms. The number of benzene rings is 2. The molecule has 0 unspecified atom stereocenters. The van der Waals surface area contributed by atoms with E-state index in [1.165, 1.54) is 72.7 Å². The van der Waals surface area contributed by atoms with Crippen molar-refractivity contribution < 1.29 is 36.3 Å². The Kier molecular flexibility index (Phi) is 12.9. The lowest BCUT2D eigenvalue weighted by molar-refractivity contribution is -0.151. The molecule has 19 heteroatoms. The average molecular weight is 869 g/mol. The molecule has 0 bridgehead atoms. The molecule has 1 atom stereocenters. The first-order chi connectivity index (χ1) is 29.8. The van der Waals surface area contributed by atoms with Crippen LogP contribution in [0.5, 0.6) is 0 Å². The van der Waals surface area contributed by atoms with E-state index in [0.29, 0.717) is 66.2 Å². The molecule has 5 heterocycles. The fourth-order valence-electron chi connectivity index (χ4n) is 7.02. The Morgan fingerprint density at radius 3 is 2.27 bits per heavy atom. The van der Waals surface area contributed by atoms with Gasteiger partial charge in [-0.25, -0.2) is 46.3 Å². The van der Waals surface area contributed by atoms with E-state index in [9.17, 15) is 27.6 Å². The third kappa shape index (κ3) is 9.27. The summed E-state index contributed by atoms with van der Waals surface area (Å²) in [7, 11) is -2.95. The highest BCUT2D eigenvalue weighted by molar-refractivity contribution is 7.92. The number of esters is 1. The van der Waals surface area contributed by atoms with Gasteiger partial charge in [-0.1, -0.05) is 32.0 Å². The van der Waals surface area contributed by atoms with E-state index in [1.54, 1.807) is 26.2 Å². The maximum atomic E-state index is 15.6. The molecule has 4 aromatic heterocycles. The number of anilines is 1. The Morgan fingerprint density at radius 2 is 1.61 bits per heavy atom. The summed E-state index contributed by atoms with van der Waals surface area (Å²) >= 11 is 0. The van der Waals surface area contributed by atoms with Gasteiger partial charge in [-0.2, -0.15) is 0 Å². The molecule has 2 aromatic carbocycles. The number of hydrogen-bond acceptors (Lipinski definition) is 12. The van der Waals surface area contributed by atoms with Crippen LogP contribution < -0.4 is 21.3 Å². The Balaban J connectivity index is 1.07. The standard InChI is InChI=1S/C43H42F2N8O8S/c1-4-29(5-2)61-42(56)36(18-25-6-11-38(47-21-25)53-41(55)31-12-15-46-24-37(31)52(3)43(53)57)50-40(54)32-19-34(45)35(20-33(32)44)51-62(58,59)30-9-7-26(8-10-30)28-22-48-39(49-23-28)27-13-16-60-17-14-27/h6-12,15,19-24,27,29,36,51H,4-5,13-14,16-18H2,1-3H3,(H,50,54)/t36-/m0/s1. The van der Waals surface area contributed by atoms with E-state index < -0.39 is 68.2 Å². The quantitative estimate of drug-likeness (QED) is 0.139. The van der Waals surface area contributed by atoms with Crippen molar-refractivity contribution in [3.63, 3.8) is 0 Å². The number of amides is 1. The first kappa shape index (κ1) is 43.4. The van der Waals surface area contributed by atoms with Crippen LogP contribution in [0.1, 0.15) is 67.2 Å². The monoisotopic (exact) mass is 868 g/mol. The third-order valence-corrected chi connectivity index (χ3v) is 12.0. The van der Waals surface area contributed by atoms with E-state index in [4.69, 9.17) is 9.47 Å². The molecular weight excluding hydrogens is 827 g/mol. The first-order valence-electron chi connectivity index (χ1n) is 19.8. The highest BCUT2D eigenvalue weighted by atomic mass is 32.2. The first-order valence-corrected chi connectivity index (χ1v) is 21.3. The third-order valence-electron chi connectivity index (χ3n) is 10.6. The summed E-state index contributed by atoms with van der Waals surface area (Å²) in [6.45, 7) is 4.90. The van der Waals surface area contributed by atoms with Gasteiger partial charge in [-0.15, -0.1) is 0 Å². The van der Waals surface area contributed by atoms with E-state index in [0.717, 1.165) is 17.4 Å². The topological polar surface area (TPSA) is 206 Å². The fraction of sp³-hybridized carbons (Fsp3) is 0.302. The van der Waals surface area contributed by atoms with Crippen molar-refractivity contribution in [3.05, 3.63) is 135 Å². The van der Waals surface area contributed by atoms with Crippen LogP contribution in [0.4, 0.5) is 14.5 Å². The number of nitrogens with one attached hydrogen (secondary N) is 2. The lowest BCUT2D eigenvalue weighted by Gasteiger charge is -2.22. The number of nitrogens with zero attached hydrogens (tertiary/aromatic N) is 6. The zero-order chi connectivity index (χ0) is 44.1. The Labute approximate surface area is 354 Å². The van der Waals surface area contributed by atoms with Crippen molar-refractivity contribution in [3.8, 4) is 16.9 Å². The second-order valence-electron chi connectivity index (χ2n) is 14.7. The van der Waals surface area contributed by atoms with Crippen molar-refractivity contribution in [2.24, 2.45) is 7.05 Å². The van der Waals surface area contributed by atoms with Gasteiger partial charge in [0.1, 0.15) is 35.4 Å². The summed E-state index contributed by atoms with van der Waals surface area (Å²) in [6, 6.07) is 9.65. The number of pyridine rings is 2. The van der Waals surface area contributed by atoms with Gasteiger partial charge in [0.15, 0.2) is 0 Å². The van der Waals surface area contributed by atoms with Gasteiger partial charge >= 0.3 is 11.7 Å². The molecule has 1 aliphatic heterocycles. The van der Waals surface area contributed by atoms with E-state index in [2.05, 4.69) is 25.3 Å². The summed E-state index contributed by atoms with van der Waals surface area (Å²) in [5.41, 5.74) is -0.879. The molecule has 0 saturated carbocycles. The van der Waals surface area contributed by atoms with Crippen LogP contribution in [0.25, 0.3) is 27.8 Å². The summed E-state index contributed by atoms with van der Waals surface area (Å²) in [4.78, 5) is 70.3. The van der Waals surface area contributed by atoms with Crippen molar-refractivity contribution in [2.75, 3.05) is 17.9 Å². The molecule has 0 radical (unpaired) electrons. The molecule has 1 aliphatic rings. The molecule has 0 spiro atoms. The molecule has 7 rings (SSSR count). The van der Waals surface area contributed by atoms with Crippen molar-refractivity contribution in [1.29, 1.82) is 0 Å². The molecule has 2 N–H and O–H groups in total. The zero-order valence-electron chi connectivity index (χ0n) is 33.9. The van der Waals surface area contributed by atoms with Gasteiger partial charge in [0.25, 0.3) is 21.5 Å². The maximum Gasteiger partial charge on any atom is 0.337 e. The van der Waals surface area contributed by atoms with Gasteiger partial charge in [0, 0.05) is 69.0 Å². The number of aryl methyl sites for hydroxylation is 1. The molecule has 322 valence electrons. The zero-order valence-corrected chi connectivity index (χ0v) is 34.7. The van der Waals surface area contributed by atoms with Crippen LogP contribution in [0.15, 0.2) is 100 Å². The number of fused-ring (bicyclic) bond motifs is 1. The van der Waals surface area contributed by atoms with Gasteiger partial charge in [0.05, 0.1) is 33.2 Å². The lowest BCUT2D eigenvalue weighted by Crippen LogP contribution is -2.44. The van der Waals surface area contributed by atoms with Crippen LogP contribution in [0.3, 0.4) is 0 Å². The number of ether oxygens (including phenoxy) is 2. The number of aromatic nitrogens is 6. The van der Waals surface area contributed by atoms with Crippen LogP contribution in [0, 0.1) is 11.6 Å². The summed E-state index contributed by atoms with van der Waals surface area (Å²) in [6.07, 6.45) is 9.28. The summed E-state index contributed by atoms with van der Waals surface area (Å²) in [5.74, 6) is -3.68. The highest BCUT2D eigenvalue weighted by Crippen LogP contribution is 2.28. The SMILES string of the molecule is CCC(CC)OC(=O)[C@H](Cc1ccc(-n2c(=O)c3ccncc3n(C)c2=O)nc1)NC(=O)c1cc(F)c(NS(=O)(=O)c2ccc(-c3cnc(C4CCOCC4)nc3)cc2)cc1F. The molecular formula is C43H42F2N8O8S. The second kappa shape index (κ2) is 18.5. The predicted molar refractivity (Wildman–Crippen MR) is 223 cm³/mol. The normalized spacial score (nSPS) is 13.8. The largest absolute Gasteiger partial charge is 0.461 e. The van der Waals surface area contributed by atoms with Gasteiger partial charge in [-0.05, 0) is 67.1 Å². The predicted octanol–water partition coefficient (Wildman–Crippen LogP) is 4.98. The summed E-state index contributed by atoms with van der Waals surface area (Å²) < 4.78 is 72.8. The lowest BCUT2D eigenvalue weighted by atomic mass is 9.99. The minimum absolute atomic E-state index is 0.00879. The molecule has 0 aliphatic carbocycles. The molecule has 16 nitrogen and oxygen atoms in total. The molecule has 6 aromatic rings. The Bertz CT molecular complexity index is 2850. The highest BCUT2D eigenvalue weighted by Gasteiger charge is 2.28. The molecule has 1 fully saturated rings. The smallest absolute Gasteiger partial charge is 0.337 e.